The topological polar surface area (TPSA) is 86.8 Å². The van der Waals surface area contributed by atoms with Gasteiger partial charge >= 0.3 is 0 Å². The van der Waals surface area contributed by atoms with Crippen LogP contribution in [0.5, 0.6) is 0 Å². The summed E-state index contributed by atoms with van der Waals surface area (Å²) in [6, 6.07) is 15.6. The standard InChI is InChI=1S/C30H35Cl2N3O4S/c1-19(2)33-30(37)23(6)34(17-25-26(31)10-8-11-27(25)32)29(36)18-35(28-12-7-9-21(4)22(28)5)40(38,39)24-15-13-20(3)14-16-24/h7-16,19,23H,17-18H2,1-6H3,(H,33,37)/t23-/m0/s1. The van der Waals surface area contributed by atoms with Gasteiger partial charge in [0, 0.05) is 28.2 Å². The van der Waals surface area contributed by atoms with Gasteiger partial charge in [-0.2, -0.15) is 0 Å². The van der Waals surface area contributed by atoms with Crippen molar-refractivity contribution >= 4 is 50.7 Å². The van der Waals surface area contributed by atoms with Crippen LogP contribution in [0, 0.1) is 20.8 Å². The Morgan fingerprint density at radius 1 is 0.875 bits per heavy atom. The Labute approximate surface area is 247 Å². The van der Waals surface area contributed by atoms with Crippen molar-refractivity contribution in [3.63, 3.8) is 0 Å². The van der Waals surface area contributed by atoms with Gasteiger partial charge in [0.05, 0.1) is 10.6 Å². The number of nitrogens with one attached hydrogen (secondary N) is 1. The molecule has 1 N–H and O–H groups in total. The first kappa shape index (κ1) is 31.5. The molecule has 0 aromatic heterocycles. The lowest BCUT2D eigenvalue weighted by Gasteiger charge is -2.33. The van der Waals surface area contributed by atoms with Crippen molar-refractivity contribution in [2.45, 2.75) is 65.1 Å². The van der Waals surface area contributed by atoms with Gasteiger partial charge in [0.1, 0.15) is 12.6 Å². The minimum atomic E-state index is -4.16. The van der Waals surface area contributed by atoms with Crippen LogP contribution in [0.3, 0.4) is 0 Å². The lowest BCUT2D eigenvalue weighted by molar-refractivity contribution is -0.139. The van der Waals surface area contributed by atoms with Crippen molar-refractivity contribution in [2.24, 2.45) is 0 Å². The number of aryl methyl sites for hydroxylation is 2. The lowest BCUT2D eigenvalue weighted by atomic mass is 10.1. The summed E-state index contributed by atoms with van der Waals surface area (Å²) in [5, 5.41) is 3.49. The van der Waals surface area contributed by atoms with E-state index in [4.69, 9.17) is 23.2 Å². The number of benzene rings is 3. The van der Waals surface area contributed by atoms with Crippen LogP contribution in [-0.4, -0.2) is 43.8 Å². The van der Waals surface area contributed by atoms with Gasteiger partial charge < -0.3 is 10.2 Å². The summed E-state index contributed by atoms with van der Waals surface area (Å²) in [5.74, 6) is -0.967. The SMILES string of the molecule is Cc1ccc(S(=O)(=O)N(CC(=O)N(Cc2c(Cl)cccc2Cl)[C@@H](C)C(=O)NC(C)C)c2cccc(C)c2C)cc1. The first-order chi connectivity index (χ1) is 18.7. The minimum absolute atomic E-state index is 0.0538. The van der Waals surface area contributed by atoms with Crippen LogP contribution >= 0.6 is 23.2 Å². The van der Waals surface area contributed by atoms with Crippen LogP contribution in [-0.2, 0) is 26.2 Å². The molecule has 214 valence electrons. The molecule has 1 atom stereocenters. The van der Waals surface area contributed by atoms with E-state index in [9.17, 15) is 18.0 Å². The molecule has 3 aromatic rings. The Morgan fingerprint density at radius 2 is 1.45 bits per heavy atom. The molecule has 0 unspecified atom stereocenters. The Hall–Kier alpha value is -3.07. The summed E-state index contributed by atoms with van der Waals surface area (Å²) in [4.78, 5) is 28.5. The molecule has 3 rings (SSSR count). The molecule has 40 heavy (non-hydrogen) atoms. The Bertz CT molecular complexity index is 1470. The number of hydrogen-bond donors (Lipinski definition) is 1. The van der Waals surface area contributed by atoms with Gasteiger partial charge in [-0.05, 0) is 83.0 Å². The predicted molar refractivity (Wildman–Crippen MR) is 161 cm³/mol. The molecule has 0 heterocycles. The van der Waals surface area contributed by atoms with Crippen molar-refractivity contribution in [2.75, 3.05) is 10.8 Å². The Morgan fingerprint density at radius 3 is 2.02 bits per heavy atom. The third-order valence-electron chi connectivity index (χ3n) is 6.72. The third-order valence-corrected chi connectivity index (χ3v) is 9.20. The molecule has 10 heteroatoms. The molecule has 0 fully saturated rings. The molecule has 0 bridgehead atoms. The van der Waals surface area contributed by atoms with E-state index in [2.05, 4.69) is 5.32 Å². The Balaban J connectivity index is 2.11. The average Bonchev–Trinajstić information content (AvgIpc) is 2.88. The van der Waals surface area contributed by atoms with Crippen molar-refractivity contribution in [1.82, 2.24) is 10.2 Å². The van der Waals surface area contributed by atoms with E-state index < -0.39 is 28.5 Å². The predicted octanol–water partition coefficient (Wildman–Crippen LogP) is 6.06. The minimum Gasteiger partial charge on any atom is -0.352 e. The molecule has 0 aliphatic heterocycles. The number of rotatable bonds is 10. The zero-order chi connectivity index (χ0) is 29.8. The highest BCUT2D eigenvalue weighted by atomic mass is 35.5. The van der Waals surface area contributed by atoms with Crippen LogP contribution in [0.2, 0.25) is 10.0 Å². The summed E-state index contributed by atoms with van der Waals surface area (Å²) in [7, 11) is -4.16. The summed E-state index contributed by atoms with van der Waals surface area (Å²) in [5.41, 5.74) is 3.34. The van der Waals surface area contributed by atoms with Gasteiger partial charge in [-0.25, -0.2) is 8.42 Å². The van der Waals surface area contributed by atoms with E-state index in [0.717, 1.165) is 21.0 Å². The fourth-order valence-electron chi connectivity index (χ4n) is 4.20. The zero-order valence-electron chi connectivity index (χ0n) is 23.5. The van der Waals surface area contributed by atoms with Crippen molar-refractivity contribution in [3.8, 4) is 0 Å². The summed E-state index contributed by atoms with van der Waals surface area (Å²) >= 11 is 12.8. The number of carbonyl (C=O) groups excluding carboxylic acids is 2. The molecule has 0 aliphatic rings. The quantitative estimate of drug-likeness (QED) is 0.305. The van der Waals surface area contributed by atoms with Crippen LogP contribution < -0.4 is 9.62 Å². The lowest BCUT2D eigenvalue weighted by Crippen LogP contribution is -2.52. The highest BCUT2D eigenvalue weighted by Crippen LogP contribution is 2.30. The van der Waals surface area contributed by atoms with Crippen molar-refractivity contribution < 1.29 is 18.0 Å². The van der Waals surface area contributed by atoms with Gasteiger partial charge in [-0.1, -0.05) is 59.1 Å². The fourth-order valence-corrected chi connectivity index (χ4v) is 6.19. The molecular weight excluding hydrogens is 569 g/mol. The number of carbonyl (C=O) groups is 2. The van der Waals surface area contributed by atoms with Crippen LogP contribution in [0.25, 0.3) is 0 Å². The monoisotopic (exact) mass is 603 g/mol. The van der Waals surface area contributed by atoms with Gasteiger partial charge in [0.2, 0.25) is 11.8 Å². The van der Waals surface area contributed by atoms with Gasteiger partial charge in [0.25, 0.3) is 10.0 Å². The van der Waals surface area contributed by atoms with E-state index in [-0.39, 0.29) is 23.4 Å². The van der Waals surface area contributed by atoms with Crippen molar-refractivity contribution in [1.29, 1.82) is 0 Å². The maximum Gasteiger partial charge on any atom is 0.264 e. The van der Waals surface area contributed by atoms with Crippen molar-refractivity contribution in [3.05, 3.63) is 93.0 Å². The van der Waals surface area contributed by atoms with Gasteiger partial charge in [-0.3, -0.25) is 13.9 Å². The summed E-state index contributed by atoms with van der Waals surface area (Å²) in [6.07, 6.45) is 0. The summed E-state index contributed by atoms with van der Waals surface area (Å²) in [6.45, 7) is 10.2. The first-order valence-electron chi connectivity index (χ1n) is 12.9. The van der Waals surface area contributed by atoms with E-state index in [1.165, 1.54) is 17.0 Å². The van der Waals surface area contributed by atoms with Crippen LogP contribution in [0.4, 0.5) is 5.69 Å². The maximum atomic E-state index is 14.1. The zero-order valence-corrected chi connectivity index (χ0v) is 25.9. The second kappa shape index (κ2) is 13.1. The van der Waals surface area contributed by atoms with E-state index in [1.807, 2.05) is 40.7 Å². The number of halogens is 2. The van der Waals surface area contributed by atoms with E-state index in [1.54, 1.807) is 49.4 Å². The normalized spacial score (nSPS) is 12.2. The number of amides is 2. The smallest absolute Gasteiger partial charge is 0.264 e. The van der Waals surface area contributed by atoms with E-state index >= 15 is 0 Å². The summed E-state index contributed by atoms with van der Waals surface area (Å²) < 4.78 is 29.1. The molecule has 0 saturated carbocycles. The third kappa shape index (κ3) is 7.16. The molecule has 2 amide bonds. The van der Waals surface area contributed by atoms with E-state index in [0.29, 0.717) is 21.3 Å². The first-order valence-corrected chi connectivity index (χ1v) is 15.1. The maximum absolute atomic E-state index is 14.1. The molecule has 0 spiro atoms. The number of anilines is 1. The molecule has 0 radical (unpaired) electrons. The molecular formula is C30H35Cl2N3O4S. The Kier molecular flexibility index (Phi) is 10.3. The molecule has 7 nitrogen and oxygen atoms in total. The number of nitrogens with zero attached hydrogens (tertiary/aromatic N) is 2. The largest absolute Gasteiger partial charge is 0.352 e. The van der Waals surface area contributed by atoms with Crippen LogP contribution in [0.1, 0.15) is 43.0 Å². The molecule has 0 aliphatic carbocycles. The highest BCUT2D eigenvalue weighted by molar-refractivity contribution is 7.92. The molecule has 0 saturated heterocycles. The second-order valence-corrected chi connectivity index (χ2v) is 12.8. The second-order valence-electron chi connectivity index (χ2n) is 10.1. The number of hydrogen-bond acceptors (Lipinski definition) is 4. The average molecular weight is 605 g/mol. The molecule has 3 aromatic carbocycles. The highest BCUT2D eigenvalue weighted by Gasteiger charge is 2.34. The number of sulfonamides is 1. The van der Waals surface area contributed by atoms with Gasteiger partial charge in [-0.15, -0.1) is 0 Å². The fraction of sp³-hybridized carbons (Fsp3) is 0.333. The van der Waals surface area contributed by atoms with Crippen LogP contribution in [0.15, 0.2) is 65.6 Å². The van der Waals surface area contributed by atoms with Gasteiger partial charge in [0.15, 0.2) is 0 Å².